The molecule has 3 N–H and O–H groups in total. The van der Waals surface area contributed by atoms with E-state index >= 15 is 0 Å². The topological polar surface area (TPSA) is 38.0 Å². The maximum absolute atomic E-state index is 5.79. The molecule has 0 aliphatic heterocycles. The van der Waals surface area contributed by atoms with Crippen LogP contribution in [0.3, 0.4) is 0 Å². The van der Waals surface area contributed by atoms with Crippen LogP contribution in [-0.2, 0) is 6.54 Å². The number of rotatable bonds is 3. The van der Waals surface area contributed by atoms with Crippen molar-refractivity contribution in [1.82, 2.24) is 5.32 Å². The number of anilines is 1. The van der Waals surface area contributed by atoms with E-state index in [1.54, 1.807) is 11.3 Å². The molecule has 2 atom stereocenters. The Hall–Kier alpha value is -0.540. The van der Waals surface area contributed by atoms with Gasteiger partial charge in [-0.05, 0) is 30.2 Å². The number of hydrogen-bond acceptors (Lipinski definition) is 3. The van der Waals surface area contributed by atoms with Crippen molar-refractivity contribution in [1.29, 1.82) is 0 Å². The number of nitrogens with one attached hydrogen (secondary N) is 1. The average Bonchev–Trinajstić information content (AvgIpc) is 2.50. The van der Waals surface area contributed by atoms with Crippen LogP contribution in [-0.4, -0.2) is 6.04 Å². The van der Waals surface area contributed by atoms with Gasteiger partial charge in [0.15, 0.2) is 0 Å². The van der Waals surface area contributed by atoms with Gasteiger partial charge in [-0.3, -0.25) is 0 Å². The number of hydrogen-bond donors (Lipinski definition) is 2. The van der Waals surface area contributed by atoms with Gasteiger partial charge in [0, 0.05) is 23.2 Å². The van der Waals surface area contributed by atoms with Crippen LogP contribution in [0.15, 0.2) is 11.4 Å². The Bertz CT molecular complexity index is 282. The maximum atomic E-state index is 5.79. The highest BCUT2D eigenvalue weighted by Crippen LogP contribution is 2.27. The third-order valence-corrected chi connectivity index (χ3v) is 3.86. The largest absolute Gasteiger partial charge is 0.398 e. The van der Waals surface area contributed by atoms with Gasteiger partial charge in [0.2, 0.25) is 0 Å². The van der Waals surface area contributed by atoms with Crippen molar-refractivity contribution < 1.29 is 0 Å². The van der Waals surface area contributed by atoms with E-state index in [0.717, 1.165) is 24.2 Å². The molecule has 0 bridgehead atoms. The molecule has 13 heavy (non-hydrogen) atoms. The summed E-state index contributed by atoms with van der Waals surface area (Å²) in [5.74, 6) is 0.848. The molecular formula is C10H16N2S. The zero-order chi connectivity index (χ0) is 9.26. The highest BCUT2D eigenvalue weighted by Gasteiger charge is 2.25. The lowest BCUT2D eigenvalue weighted by Crippen LogP contribution is -2.41. The van der Waals surface area contributed by atoms with Gasteiger partial charge in [0.05, 0.1) is 0 Å². The summed E-state index contributed by atoms with van der Waals surface area (Å²) in [6.07, 6.45) is 2.70. The zero-order valence-corrected chi connectivity index (χ0v) is 8.73. The molecule has 0 radical (unpaired) electrons. The van der Waals surface area contributed by atoms with Gasteiger partial charge in [-0.25, -0.2) is 0 Å². The zero-order valence-electron chi connectivity index (χ0n) is 7.92. The highest BCUT2D eigenvalue weighted by molar-refractivity contribution is 7.10. The summed E-state index contributed by atoms with van der Waals surface area (Å²) in [7, 11) is 0. The minimum atomic E-state index is 0.724. The minimum absolute atomic E-state index is 0.724. The fourth-order valence-electron chi connectivity index (χ4n) is 1.69. The standard InChI is InChI=1S/C10H16N2S/c1-7-2-3-9(7)12-6-10-8(11)4-5-13-10/h4-5,7,9,12H,2-3,6,11H2,1H3. The Morgan fingerprint density at radius 1 is 1.62 bits per heavy atom. The van der Waals surface area contributed by atoms with Crippen LogP contribution < -0.4 is 11.1 Å². The van der Waals surface area contributed by atoms with Crippen LogP contribution in [0.2, 0.25) is 0 Å². The van der Waals surface area contributed by atoms with Gasteiger partial charge < -0.3 is 11.1 Å². The first-order valence-corrected chi connectivity index (χ1v) is 5.70. The van der Waals surface area contributed by atoms with Crippen molar-refractivity contribution in [2.45, 2.75) is 32.4 Å². The Kier molecular flexibility index (Phi) is 2.56. The van der Waals surface area contributed by atoms with Crippen LogP contribution in [0.25, 0.3) is 0 Å². The van der Waals surface area contributed by atoms with Crippen LogP contribution >= 0.6 is 11.3 Å². The maximum Gasteiger partial charge on any atom is 0.0468 e. The summed E-state index contributed by atoms with van der Waals surface area (Å²) in [6, 6.07) is 2.70. The smallest absolute Gasteiger partial charge is 0.0468 e. The van der Waals surface area contributed by atoms with Gasteiger partial charge in [-0.15, -0.1) is 11.3 Å². The molecule has 1 aliphatic rings. The molecule has 1 saturated carbocycles. The number of nitrogen functional groups attached to an aromatic ring is 1. The molecule has 0 aromatic carbocycles. The van der Waals surface area contributed by atoms with Crippen LogP contribution in [0, 0.1) is 5.92 Å². The fourth-order valence-corrected chi connectivity index (χ4v) is 2.44. The molecular weight excluding hydrogens is 180 g/mol. The second-order valence-electron chi connectivity index (χ2n) is 3.84. The van der Waals surface area contributed by atoms with Crippen molar-refractivity contribution >= 4 is 17.0 Å². The van der Waals surface area contributed by atoms with E-state index in [9.17, 15) is 0 Å². The van der Waals surface area contributed by atoms with Crippen LogP contribution in [0.5, 0.6) is 0 Å². The highest BCUT2D eigenvalue weighted by atomic mass is 32.1. The Morgan fingerprint density at radius 3 is 2.92 bits per heavy atom. The van der Waals surface area contributed by atoms with Crippen molar-refractivity contribution in [2.24, 2.45) is 5.92 Å². The van der Waals surface area contributed by atoms with E-state index in [0.29, 0.717) is 0 Å². The third-order valence-electron chi connectivity index (χ3n) is 2.92. The van der Waals surface area contributed by atoms with Gasteiger partial charge >= 0.3 is 0 Å². The van der Waals surface area contributed by atoms with E-state index in [1.165, 1.54) is 17.7 Å². The molecule has 2 nitrogen and oxygen atoms in total. The minimum Gasteiger partial charge on any atom is -0.398 e. The predicted molar refractivity (Wildman–Crippen MR) is 57.8 cm³/mol. The fraction of sp³-hybridized carbons (Fsp3) is 0.600. The van der Waals surface area contributed by atoms with Gasteiger partial charge in [0.25, 0.3) is 0 Å². The molecule has 0 saturated heterocycles. The van der Waals surface area contributed by atoms with Crippen LogP contribution in [0.1, 0.15) is 24.6 Å². The molecule has 2 unspecified atom stereocenters. The number of nitrogens with two attached hydrogens (primary N) is 1. The second-order valence-corrected chi connectivity index (χ2v) is 4.84. The van der Waals surface area contributed by atoms with E-state index in [4.69, 9.17) is 5.73 Å². The molecule has 1 aromatic heterocycles. The number of thiophene rings is 1. The normalized spacial score (nSPS) is 27.2. The lowest BCUT2D eigenvalue weighted by atomic mass is 9.81. The van der Waals surface area contributed by atoms with E-state index in [1.807, 2.05) is 6.07 Å². The molecule has 1 aromatic rings. The SMILES string of the molecule is CC1CCC1NCc1sccc1N. The molecule has 72 valence electrons. The summed E-state index contributed by atoms with van der Waals surface area (Å²) < 4.78 is 0. The van der Waals surface area contributed by atoms with Crippen molar-refractivity contribution in [3.63, 3.8) is 0 Å². The third kappa shape index (κ3) is 1.86. The van der Waals surface area contributed by atoms with Gasteiger partial charge in [-0.2, -0.15) is 0 Å². The molecule has 1 aliphatic carbocycles. The van der Waals surface area contributed by atoms with Gasteiger partial charge in [0.1, 0.15) is 0 Å². The monoisotopic (exact) mass is 196 g/mol. The molecule has 0 spiro atoms. The van der Waals surface area contributed by atoms with E-state index in [2.05, 4.69) is 17.6 Å². The average molecular weight is 196 g/mol. The Labute approximate surface area is 83.1 Å². The first-order chi connectivity index (χ1) is 6.27. The summed E-state index contributed by atoms with van der Waals surface area (Å²) in [6.45, 7) is 3.25. The molecule has 1 fully saturated rings. The van der Waals surface area contributed by atoms with Crippen molar-refractivity contribution in [3.05, 3.63) is 16.3 Å². The molecule has 0 amide bonds. The van der Waals surface area contributed by atoms with E-state index < -0.39 is 0 Å². The second kappa shape index (κ2) is 3.68. The first kappa shape index (κ1) is 9.03. The molecule has 2 rings (SSSR count). The quantitative estimate of drug-likeness (QED) is 0.778. The molecule has 1 heterocycles. The van der Waals surface area contributed by atoms with Crippen molar-refractivity contribution in [2.75, 3.05) is 5.73 Å². The van der Waals surface area contributed by atoms with Crippen LogP contribution in [0.4, 0.5) is 5.69 Å². The summed E-state index contributed by atoms with van der Waals surface area (Å²) in [5, 5.41) is 5.59. The predicted octanol–water partition coefficient (Wildman–Crippen LogP) is 2.22. The van der Waals surface area contributed by atoms with E-state index in [-0.39, 0.29) is 0 Å². The summed E-state index contributed by atoms with van der Waals surface area (Å²) in [4.78, 5) is 1.28. The summed E-state index contributed by atoms with van der Waals surface area (Å²) >= 11 is 1.74. The summed E-state index contributed by atoms with van der Waals surface area (Å²) in [5.41, 5.74) is 6.73. The Morgan fingerprint density at radius 2 is 2.46 bits per heavy atom. The van der Waals surface area contributed by atoms with Crippen molar-refractivity contribution in [3.8, 4) is 0 Å². The van der Waals surface area contributed by atoms with Gasteiger partial charge in [-0.1, -0.05) is 6.92 Å². The lowest BCUT2D eigenvalue weighted by molar-refractivity contribution is 0.229. The molecule has 3 heteroatoms. The first-order valence-electron chi connectivity index (χ1n) is 4.82. The lowest BCUT2D eigenvalue weighted by Gasteiger charge is -2.34. The Balaban J connectivity index is 1.83.